The molecule has 0 aromatic rings. The van der Waals surface area contributed by atoms with Crippen LogP contribution in [0.3, 0.4) is 0 Å². The van der Waals surface area contributed by atoms with Crippen LogP contribution in [-0.4, -0.2) is 35.0 Å². The van der Waals surface area contributed by atoms with E-state index in [-0.39, 0.29) is 30.6 Å². The summed E-state index contributed by atoms with van der Waals surface area (Å²) in [4.78, 5) is 33.6. The van der Waals surface area contributed by atoms with E-state index in [9.17, 15) is 14.4 Å². The topological polar surface area (TPSA) is 95.5 Å². The van der Waals surface area contributed by atoms with E-state index >= 15 is 0 Å². The number of amides is 2. The molecule has 1 saturated heterocycles. The summed E-state index contributed by atoms with van der Waals surface area (Å²) in [6.45, 7) is 0.355. The maximum atomic E-state index is 11.9. The molecular formula is C11H16N2O4. The normalized spacial score (nSPS) is 25.9. The third-order valence-electron chi connectivity index (χ3n) is 3.54. The average molecular weight is 240 g/mol. The molecule has 2 fully saturated rings. The monoisotopic (exact) mass is 240 g/mol. The largest absolute Gasteiger partial charge is 0.481 e. The molecule has 6 nitrogen and oxygen atoms in total. The summed E-state index contributed by atoms with van der Waals surface area (Å²) >= 11 is 0. The molecule has 1 aliphatic heterocycles. The van der Waals surface area contributed by atoms with Gasteiger partial charge in [-0.05, 0) is 19.3 Å². The molecular weight excluding hydrogens is 224 g/mol. The van der Waals surface area contributed by atoms with Crippen molar-refractivity contribution in [2.24, 2.45) is 5.92 Å². The molecule has 0 bridgehead atoms. The second-order valence-corrected chi connectivity index (χ2v) is 4.90. The van der Waals surface area contributed by atoms with Crippen molar-refractivity contribution in [1.29, 1.82) is 0 Å². The molecule has 1 saturated carbocycles. The van der Waals surface area contributed by atoms with Crippen LogP contribution in [0.15, 0.2) is 0 Å². The Balaban J connectivity index is 1.92. The molecule has 1 aliphatic carbocycles. The quantitative estimate of drug-likeness (QED) is 0.625. The van der Waals surface area contributed by atoms with Crippen LogP contribution in [-0.2, 0) is 14.4 Å². The molecule has 3 N–H and O–H groups in total. The van der Waals surface area contributed by atoms with Crippen molar-refractivity contribution in [2.75, 3.05) is 6.54 Å². The van der Waals surface area contributed by atoms with E-state index in [1.54, 1.807) is 0 Å². The Bertz CT molecular complexity index is 362. The number of rotatable bonds is 4. The van der Waals surface area contributed by atoms with Crippen LogP contribution in [0.2, 0.25) is 0 Å². The lowest BCUT2D eigenvalue weighted by molar-refractivity contribution is -0.141. The van der Waals surface area contributed by atoms with Gasteiger partial charge in [0.2, 0.25) is 11.8 Å². The Kier molecular flexibility index (Phi) is 3.04. The summed E-state index contributed by atoms with van der Waals surface area (Å²) in [5.41, 5.74) is -0.575. The Morgan fingerprint density at radius 2 is 2.18 bits per heavy atom. The summed E-state index contributed by atoms with van der Waals surface area (Å²) in [7, 11) is 0. The Labute approximate surface area is 98.8 Å². The standard InChI is InChI=1S/C11H16N2O4/c14-8-4-7(6-12-8)10(17)13-11(2-1-3-11)5-9(15)16/h7H,1-6H2,(H,12,14)(H,13,17)(H,15,16). The fraction of sp³-hybridized carbons (Fsp3) is 0.727. The first kappa shape index (κ1) is 11.9. The second kappa shape index (κ2) is 4.35. The number of carboxylic acids is 1. The van der Waals surface area contributed by atoms with E-state index in [2.05, 4.69) is 10.6 Å². The van der Waals surface area contributed by atoms with Gasteiger partial charge in [0, 0.05) is 13.0 Å². The highest BCUT2D eigenvalue weighted by molar-refractivity contribution is 5.89. The van der Waals surface area contributed by atoms with Crippen molar-refractivity contribution >= 4 is 17.8 Å². The molecule has 1 heterocycles. The van der Waals surface area contributed by atoms with Crippen molar-refractivity contribution in [3.05, 3.63) is 0 Å². The lowest BCUT2D eigenvalue weighted by Gasteiger charge is -2.42. The summed E-state index contributed by atoms with van der Waals surface area (Å²) in [5.74, 6) is -1.57. The lowest BCUT2D eigenvalue weighted by atomic mass is 9.74. The van der Waals surface area contributed by atoms with Gasteiger partial charge in [-0.15, -0.1) is 0 Å². The van der Waals surface area contributed by atoms with E-state index in [0.29, 0.717) is 19.4 Å². The predicted octanol–water partition coefficient (Wildman–Crippen LogP) is -0.364. The first-order valence-corrected chi connectivity index (χ1v) is 5.81. The molecule has 0 aromatic carbocycles. The van der Waals surface area contributed by atoms with Gasteiger partial charge >= 0.3 is 5.97 Å². The third-order valence-corrected chi connectivity index (χ3v) is 3.54. The fourth-order valence-corrected chi connectivity index (χ4v) is 2.39. The van der Waals surface area contributed by atoms with E-state index in [1.807, 2.05) is 0 Å². The Hall–Kier alpha value is -1.59. The number of carboxylic acid groups (broad SMARTS) is 1. The summed E-state index contributed by atoms with van der Waals surface area (Å²) in [6, 6.07) is 0. The van der Waals surface area contributed by atoms with Crippen molar-refractivity contribution < 1.29 is 19.5 Å². The molecule has 2 amide bonds. The zero-order valence-corrected chi connectivity index (χ0v) is 9.49. The number of aliphatic carboxylic acids is 1. The lowest BCUT2D eigenvalue weighted by Crippen LogP contribution is -2.56. The van der Waals surface area contributed by atoms with Crippen molar-refractivity contribution in [3.8, 4) is 0 Å². The average Bonchev–Trinajstić information content (AvgIpc) is 2.60. The highest BCUT2D eigenvalue weighted by Crippen LogP contribution is 2.35. The van der Waals surface area contributed by atoms with Gasteiger partial charge in [0.05, 0.1) is 17.9 Å². The molecule has 0 aromatic heterocycles. The highest BCUT2D eigenvalue weighted by atomic mass is 16.4. The van der Waals surface area contributed by atoms with E-state index in [1.165, 1.54) is 0 Å². The summed E-state index contributed by atoms with van der Waals surface area (Å²) in [6.07, 6.45) is 2.52. The second-order valence-electron chi connectivity index (χ2n) is 4.90. The van der Waals surface area contributed by atoms with Gasteiger partial charge in [-0.3, -0.25) is 14.4 Å². The summed E-state index contributed by atoms with van der Waals surface area (Å²) in [5, 5.41) is 14.2. The minimum Gasteiger partial charge on any atom is -0.481 e. The zero-order valence-electron chi connectivity index (χ0n) is 9.49. The van der Waals surface area contributed by atoms with Crippen LogP contribution in [0.5, 0.6) is 0 Å². The van der Waals surface area contributed by atoms with Crippen molar-refractivity contribution in [1.82, 2.24) is 10.6 Å². The van der Waals surface area contributed by atoms with Crippen molar-refractivity contribution in [2.45, 2.75) is 37.6 Å². The maximum absolute atomic E-state index is 11.9. The van der Waals surface area contributed by atoms with E-state index in [0.717, 1.165) is 6.42 Å². The van der Waals surface area contributed by atoms with Gasteiger partial charge in [-0.2, -0.15) is 0 Å². The minimum atomic E-state index is -0.898. The molecule has 1 unspecified atom stereocenters. The number of nitrogens with one attached hydrogen (secondary N) is 2. The fourth-order valence-electron chi connectivity index (χ4n) is 2.39. The highest BCUT2D eigenvalue weighted by Gasteiger charge is 2.42. The van der Waals surface area contributed by atoms with E-state index < -0.39 is 11.5 Å². The first-order valence-electron chi connectivity index (χ1n) is 5.81. The van der Waals surface area contributed by atoms with Crippen LogP contribution in [0.25, 0.3) is 0 Å². The van der Waals surface area contributed by atoms with Crippen LogP contribution in [0.1, 0.15) is 32.1 Å². The number of hydrogen-bond acceptors (Lipinski definition) is 3. The number of carbonyl (C=O) groups is 3. The third kappa shape index (κ3) is 2.57. The maximum Gasteiger partial charge on any atom is 0.305 e. The van der Waals surface area contributed by atoms with Gasteiger partial charge in [-0.25, -0.2) is 0 Å². The molecule has 6 heteroatoms. The first-order chi connectivity index (χ1) is 8.01. The number of hydrogen-bond donors (Lipinski definition) is 3. The minimum absolute atomic E-state index is 0.0349. The molecule has 94 valence electrons. The van der Waals surface area contributed by atoms with Crippen molar-refractivity contribution in [3.63, 3.8) is 0 Å². The molecule has 1 atom stereocenters. The van der Waals surface area contributed by atoms with Gasteiger partial charge < -0.3 is 15.7 Å². The number of carbonyl (C=O) groups excluding carboxylic acids is 2. The SMILES string of the molecule is O=C(O)CC1(NC(=O)C2CNC(=O)C2)CCC1. The molecule has 2 rings (SSSR count). The predicted molar refractivity (Wildman–Crippen MR) is 58.1 cm³/mol. The zero-order chi connectivity index (χ0) is 12.5. The van der Waals surface area contributed by atoms with Crippen LogP contribution in [0.4, 0.5) is 0 Å². The molecule has 17 heavy (non-hydrogen) atoms. The van der Waals surface area contributed by atoms with Gasteiger partial charge in [0.25, 0.3) is 0 Å². The Morgan fingerprint density at radius 3 is 2.59 bits per heavy atom. The van der Waals surface area contributed by atoms with E-state index in [4.69, 9.17) is 5.11 Å². The van der Waals surface area contributed by atoms with Crippen LogP contribution in [0, 0.1) is 5.92 Å². The van der Waals surface area contributed by atoms with Gasteiger partial charge in [0.15, 0.2) is 0 Å². The molecule has 2 aliphatic rings. The Morgan fingerprint density at radius 1 is 1.47 bits per heavy atom. The molecule has 0 radical (unpaired) electrons. The van der Waals surface area contributed by atoms with Gasteiger partial charge in [-0.1, -0.05) is 0 Å². The molecule has 0 spiro atoms. The van der Waals surface area contributed by atoms with Gasteiger partial charge in [0.1, 0.15) is 0 Å². The summed E-state index contributed by atoms with van der Waals surface area (Å²) < 4.78 is 0. The smallest absolute Gasteiger partial charge is 0.305 e. The van der Waals surface area contributed by atoms with Crippen LogP contribution < -0.4 is 10.6 Å². The van der Waals surface area contributed by atoms with Crippen LogP contribution >= 0.6 is 0 Å².